The molecule has 7 heteroatoms. The summed E-state index contributed by atoms with van der Waals surface area (Å²) in [4.78, 5) is 39.5. The van der Waals surface area contributed by atoms with Gasteiger partial charge in [0.05, 0.1) is 18.2 Å². The number of ether oxygens (including phenoxy) is 1. The first-order chi connectivity index (χ1) is 15.5. The van der Waals surface area contributed by atoms with Crippen LogP contribution in [0.5, 0.6) is 0 Å². The van der Waals surface area contributed by atoms with Gasteiger partial charge in [-0.3, -0.25) is 9.59 Å². The Morgan fingerprint density at radius 3 is 2.50 bits per heavy atom. The van der Waals surface area contributed by atoms with E-state index < -0.39 is 11.8 Å². The van der Waals surface area contributed by atoms with Crippen LogP contribution < -0.4 is 5.32 Å². The van der Waals surface area contributed by atoms with E-state index in [1.54, 1.807) is 30.3 Å². The number of hydrogen-bond acceptors (Lipinski definition) is 5. The number of carbonyl (C=O) groups excluding carboxylic acids is 3. The molecule has 0 fully saturated rings. The lowest BCUT2D eigenvalue weighted by molar-refractivity contribution is 0.0600. The topological polar surface area (TPSA) is 72.5 Å². The molecule has 3 aromatic rings. The number of rotatable bonds is 6. The number of benzene rings is 2. The number of fused-ring (bicyclic) bond motifs is 1. The number of halogens is 1. The van der Waals surface area contributed by atoms with Gasteiger partial charge < -0.3 is 10.1 Å². The highest BCUT2D eigenvalue weighted by molar-refractivity contribution is 7.12. The maximum absolute atomic E-state index is 13.6. The van der Waals surface area contributed by atoms with Crippen LogP contribution in [0.3, 0.4) is 0 Å². The van der Waals surface area contributed by atoms with Crippen molar-refractivity contribution >= 4 is 34.7 Å². The van der Waals surface area contributed by atoms with E-state index in [9.17, 15) is 18.8 Å². The van der Waals surface area contributed by atoms with Crippen LogP contribution in [0.1, 0.15) is 59.2 Å². The van der Waals surface area contributed by atoms with Crippen LogP contribution in [0.15, 0.2) is 48.5 Å². The zero-order valence-electron chi connectivity index (χ0n) is 17.6. The molecule has 1 amide bonds. The van der Waals surface area contributed by atoms with Crippen LogP contribution in [0.4, 0.5) is 10.1 Å². The molecule has 0 saturated carbocycles. The quantitative estimate of drug-likeness (QED) is 0.411. The summed E-state index contributed by atoms with van der Waals surface area (Å²) in [6, 6.07) is 12.1. The van der Waals surface area contributed by atoms with Crippen molar-refractivity contribution in [2.45, 2.75) is 32.1 Å². The van der Waals surface area contributed by atoms with Crippen LogP contribution in [0, 0.1) is 5.82 Å². The molecule has 0 radical (unpaired) electrons. The van der Waals surface area contributed by atoms with E-state index in [2.05, 4.69) is 5.32 Å². The number of esters is 1. The third-order valence-electron chi connectivity index (χ3n) is 5.50. The molecule has 0 atom stereocenters. The second kappa shape index (κ2) is 9.44. The van der Waals surface area contributed by atoms with Gasteiger partial charge in [-0.1, -0.05) is 12.1 Å². The minimum absolute atomic E-state index is 0.0468. The normalized spacial score (nSPS) is 12.7. The van der Waals surface area contributed by atoms with Crippen LogP contribution in [-0.4, -0.2) is 24.8 Å². The highest BCUT2D eigenvalue weighted by atomic mass is 32.1. The van der Waals surface area contributed by atoms with Crippen molar-refractivity contribution in [1.29, 1.82) is 0 Å². The van der Waals surface area contributed by atoms with Crippen molar-refractivity contribution in [3.05, 3.63) is 86.4 Å². The van der Waals surface area contributed by atoms with Gasteiger partial charge in [0.15, 0.2) is 5.78 Å². The number of Topliss-reactive ketones (excluding diaryl/α,β-unsaturated/α-hetero) is 1. The minimum atomic E-state index is -0.463. The van der Waals surface area contributed by atoms with Crippen molar-refractivity contribution in [3.63, 3.8) is 0 Å². The minimum Gasteiger partial charge on any atom is -0.465 e. The number of anilines is 1. The molecule has 1 aliphatic carbocycles. The molecule has 5 nitrogen and oxygen atoms in total. The number of nitrogens with one attached hydrogen (secondary N) is 1. The molecule has 1 aliphatic rings. The van der Waals surface area contributed by atoms with Crippen LogP contribution >= 0.6 is 11.3 Å². The third kappa shape index (κ3) is 4.62. The van der Waals surface area contributed by atoms with E-state index in [0.717, 1.165) is 36.1 Å². The molecule has 0 bridgehead atoms. The summed E-state index contributed by atoms with van der Waals surface area (Å²) in [5.74, 6) is -1.42. The van der Waals surface area contributed by atoms with E-state index >= 15 is 0 Å². The van der Waals surface area contributed by atoms with E-state index in [1.807, 2.05) is 0 Å². The highest BCUT2D eigenvalue weighted by Crippen LogP contribution is 2.36. The highest BCUT2D eigenvalue weighted by Gasteiger charge is 2.27. The molecular weight excluding hydrogens is 429 g/mol. The van der Waals surface area contributed by atoms with Crippen molar-refractivity contribution in [1.82, 2.24) is 0 Å². The Labute approximate surface area is 189 Å². The second-order valence-corrected chi connectivity index (χ2v) is 8.83. The number of aryl methyl sites for hydroxylation is 1. The first kappa shape index (κ1) is 21.9. The van der Waals surface area contributed by atoms with Gasteiger partial charge in [-0.15, -0.1) is 11.3 Å². The van der Waals surface area contributed by atoms with Crippen molar-refractivity contribution in [2.24, 2.45) is 0 Å². The zero-order valence-corrected chi connectivity index (χ0v) is 18.4. The van der Waals surface area contributed by atoms with Gasteiger partial charge in [0.2, 0.25) is 0 Å². The average molecular weight is 452 g/mol. The maximum atomic E-state index is 13.6. The van der Waals surface area contributed by atoms with Crippen LogP contribution in [0.25, 0.3) is 0 Å². The lowest BCUT2D eigenvalue weighted by atomic mass is 9.93. The molecule has 32 heavy (non-hydrogen) atoms. The SMILES string of the molecule is COC(=O)c1ccc(NC(=O)c2c(CC(=O)c3cccc(F)c3)sc3c2CCCC3)cc1. The van der Waals surface area contributed by atoms with Crippen LogP contribution in [0.2, 0.25) is 0 Å². The summed E-state index contributed by atoms with van der Waals surface area (Å²) >= 11 is 1.50. The fourth-order valence-electron chi connectivity index (χ4n) is 3.92. The van der Waals surface area contributed by atoms with Gasteiger partial charge in [-0.25, -0.2) is 9.18 Å². The molecule has 1 aromatic heterocycles. The Hall–Kier alpha value is -3.32. The Kier molecular flexibility index (Phi) is 6.46. The number of thiophene rings is 1. The fourth-order valence-corrected chi connectivity index (χ4v) is 5.31. The number of hydrogen-bond donors (Lipinski definition) is 1. The summed E-state index contributed by atoms with van der Waals surface area (Å²) in [5, 5.41) is 2.89. The van der Waals surface area contributed by atoms with Gasteiger partial charge in [-0.05, 0) is 67.6 Å². The molecule has 1 heterocycles. The van der Waals surface area contributed by atoms with Crippen molar-refractivity contribution in [2.75, 3.05) is 12.4 Å². The van der Waals surface area contributed by atoms with E-state index in [0.29, 0.717) is 27.3 Å². The summed E-state index contributed by atoms with van der Waals surface area (Å²) < 4.78 is 18.3. The molecule has 0 unspecified atom stereocenters. The number of methoxy groups -OCH3 is 1. The third-order valence-corrected chi connectivity index (χ3v) is 6.79. The lowest BCUT2D eigenvalue weighted by Gasteiger charge is -2.13. The molecule has 1 N–H and O–H groups in total. The molecule has 164 valence electrons. The summed E-state index contributed by atoms with van der Waals surface area (Å²) in [6.07, 6.45) is 3.79. The monoisotopic (exact) mass is 451 g/mol. The predicted octanol–water partition coefficient (Wildman–Crippen LogP) is 5.23. The van der Waals surface area contributed by atoms with Crippen molar-refractivity contribution < 1.29 is 23.5 Å². The van der Waals surface area contributed by atoms with Crippen LogP contribution in [-0.2, 0) is 24.0 Å². The smallest absolute Gasteiger partial charge is 0.337 e. The van der Waals surface area contributed by atoms with Crippen molar-refractivity contribution in [3.8, 4) is 0 Å². The summed E-state index contributed by atoms with van der Waals surface area (Å²) in [7, 11) is 1.31. The summed E-state index contributed by atoms with van der Waals surface area (Å²) in [5.41, 5.74) is 2.78. The second-order valence-electron chi connectivity index (χ2n) is 7.64. The first-order valence-corrected chi connectivity index (χ1v) is 11.2. The molecule has 0 spiro atoms. The largest absolute Gasteiger partial charge is 0.465 e. The first-order valence-electron chi connectivity index (χ1n) is 10.4. The predicted molar refractivity (Wildman–Crippen MR) is 121 cm³/mol. The van der Waals surface area contributed by atoms with E-state index in [1.165, 1.54) is 36.6 Å². The van der Waals surface area contributed by atoms with Gasteiger partial charge in [-0.2, -0.15) is 0 Å². The Morgan fingerprint density at radius 1 is 1.03 bits per heavy atom. The van der Waals surface area contributed by atoms with E-state index in [-0.39, 0.29) is 18.1 Å². The van der Waals surface area contributed by atoms with Gasteiger partial charge in [0, 0.05) is 27.4 Å². The molecule has 0 saturated heterocycles. The van der Waals surface area contributed by atoms with Gasteiger partial charge >= 0.3 is 5.97 Å². The fraction of sp³-hybridized carbons (Fsp3) is 0.240. The standard InChI is InChI=1S/C25H22FNO4S/c1-31-25(30)15-9-11-18(12-10-15)27-24(29)23-19-7-2-3-8-21(19)32-22(23)14-20(28)16-5-4-6-17(26)13-16/h4-6,9-13H,2-3,7-8,14H2,1H3,(H,27,29). The number of ketones is 1. The Balaban J connectivity index is 1.61. The van der Waals surface area contributed by atoms with Gasteiger partial charge in [0.1, 0.15) is 5.82 Å². The average Bonchev–Trinajstić information content (AvgIpc) is 3.17. The zero-order chi connectivity index (χ0) is 22.7. The Morgan fingerprint density at radius 2 is 1.78 bits per heavy atom. The maximum Gasteiger partial charge on any atom is 0.337 e. The lowest BCUT2D eigenvalue weighted by Crippen LogP contribution is -2.17. The molecular formula is C25H22FNO4S. The number of carbonyl (C=O) groups is 3. The van der Waals surface area contributed by atoms with E-state index in [4.69, 9.17) is 4.74 Å². The summed E-state index contributed by atoms with van der Waals surface area (Å²) in [6.45, 7) is 0. The molecule has 2 aromatic carbocycles. The molecule has 0 aliphatic heterocycles. The Bertz CT molecular complexity index is 1180. The van der Waals surface area contributed by atoms with Gasteiger partial charge in [0.25, 0.3) is 5.91 Å². The molecule has 4 rings (SSSR count). The number of amides is 1.